The minimum Gasteiger partial charge on any atom is -0.478 e. The van der Waals surface area contributed by atoms with Gasteiger partial charge in [-0.15, -0.1) is 0 Å². The summed E-state index contributed by atoms with van der Waals surface area (Å²) in [6.45, 7) is 4.81. The molecule has 0 radical (unpaired) electrons. The maximum atomic E-state index is 10.7. The van der Waals surface area contributed by atoms with Crippen LogP contribution in [0.25, 0.3) is 0 Å². The Morgan fingerprint density at radius 2 is 1.95 bits per heavy atom. The summed E-state index contributed by atoms with van der Waals surface area (Å²) < 4.78 is 5.49. The zero-order valence-electron chi connectivity index (χ0n) is 12.2. The number of carboxylic acids is 1. The molecule has 0 aliphatic rings. The van der Waals surface area contributed by atoms with Gasteiger partial charge in [-0.2, -0.15) is 0 Å². The predicted molar refractivity (Wildman–Crippen MR) is 80.3 cm³/mol. The number of carboxylic acid groups (broad SMARTS) is 1. The van der Waals surface area contributed by atoms with Crippen LogP contribution >= 0.6 is 0 Å². The highest BCUT2D eigenvalue weighted by molar-refractivity contribution is 6.59. The minimum absolute atomic E-state index is 0.204. The van der Waals surface area contributed by atoms with Crippen LogP contribution in [-0.2, 0) is 4.65 Å². The second-order valence-electron chi connectivity index (χ2n) is 5.03. The molecule has 0 aromatic heterocycles. The summed E-state index contributed by atoms with van der Waals surface area (Å²) in [5, 5.41) is 18.8. The molecule has 1 aromatic carbocycles. The van der Waals surface area contributed by atoms with Crippen molar-refractivity contribution in [3.8, 4) is 0 Å². The number of hydrogen-bond acceptors (Lipinski definition) is 3. The highest BCUT2D eigenvalue weighted by Crippen LogP contribution is 2.13. The van der Waals surface area contributed by atoms with Gasteiger partial charge in [0.25, 0.3) is 0 Å². The zero-order valence-corrected chi connectivity index (χ0v) is 12.2. The molecule has 0 fully saturated rings. The molecule has 20 heavy (non-hydrogen) atoms. The topological polar surface area (TPSA) is 66.8 Å². The Bertz CT molecular complexity index is 405. The smallest absolute Gasteiger partial charge is 0.478 e. The molecular formula is C15H23BO4. The van der Waals surface area contributed by atoms with Crippen molar-refractivity contribution in [1.82, 2.24) is 0 Å². The Kier molecular flexibility index (Phi) is 7.33. The molecule has 0 bridgehead atoms. The van der Waals surface area contributed by atoms with Crippen molar-refractivity contribution in [2.24, 2.45) is 5.92 Å². The molecule has 5 heteroatoms. The fourth-order valence-corrected chi connectivity index (χ4v) is 2.01. The van der Waals surface area contributed by atoms with Gasteiger partial charge in [0.15, 0.2) is 0 Å². The predicted octanol–water partition coefficient (Wildman–Crippen LogP) is 2.31. The van der Waals surface area contributed by atoms with E-state index in [4.69, 9.17) is 9.76 Å². The normalized spacial score (nSPS) is 12.2. The van der Waals surface area contributed by atoms with Crippen LogP contribution in [0.4, 0.5) is 0 Å². The van der Waals surface area contributed by atoms with E-state index in [0.717, 1.165) is 19.3 Å². The van der Waals surface area contributed by atoms with E-state index in [2.05, 4.69) is 13.8 Å². The monoisotopic (exact) mass is 278 g/mol. The average Bonchev–Trinajstić information content (AvgIpc) is 2.47. The van der Waals surface area contributed by atoms with E-state index >= 15 is 0 Å². The van der Waals surface area contributed by atoms with Gasteiger partial charge in [0.05, 0.1) is 5.56 Å². The highest BCUT2D eigenvalue weighted by Gasteiger charge is 2.18. The largest absolute Gasteiger partial charge is 0.491 e. The second kappa shape index (κ2) is 8.77. The molecule has 1 aromatic rings. The summed E-state index contributed by atoms with van der Waals surface area (Å²) in [4.78, 5) is 10.7. The maximum absolute atomic E-state index is 10.7. The lowest BCUT2D eigenvalue weighted by molar-refractivity contribution is 0.0697. The third-order valence-corrected chi connectivity index (χ3v) is 3.48. The molecule has 0 saturated heterocycles. The minimum atomic E-state index is -0.992. The quantitative estimate of drug-likeness (QED) is 0.680. The number of hydrogen-bond donors (Lipinski definition) is 2. The molecule has 110 valence electrons. The number of rotatable bonds is 9. The Morgan fingerprint density at radius 1 is 1.30 bits per heavy atom. The van der Waals surface area contributed by atoms with Gasteiger partial charge in [-0.3, -0.25) is 0 Å². The Labute approximate surface area is 120 Å². The summed E-state index contributed by atoms with van der Waals surface area (Å²) in [6, 6.07) is 6.11. The zero-order chi connectivity index (χ0) is 15.0. The number of carbonyl (C=O) groups is 1. The third-order valence-electron chi connectivity index (χ3n) is 3.48. The molecule has 0 aliphatic carbocycles. The molecule has 0 aliphatic heterocycles. The van der Waals surface area contributed by atoms with Gasteiger partial charge in [-0.25, -0.2) is 4.79 Å². The fourth-order valence-electron chi connectivity index (χ4n) is 2.01. The molecule has 4 nitrogen and oxygen atoms in total. The maximum Gasteiger partial charge on any atom is 0.491 e. The van der Waals surface area contributed by atoms with Crippen LogP contribution in [-0.4, -0.2) is 29.8 Å². The van der Waals surface area contributed by atoms with Crippen molar-refractivity contribution in [3.63, 3.8) is 0 Å². The molecule has 1 unspecified atom stereocenters. The van der Waals surface area contributed by atoms with E-state index in [0.29, 0.717) is 18.0 Å². The number of aromatic carboxylic acids is 1. The van der Waals surface area contributed by atoms with Gasteiger partial charge < -0.3 is 14.8 Å². The lowest BCUT2D eigenvalue weighted by Gasteiger charge is -2.16. The Balaban J connectivity index is 2.48. The van der Waals surface area contributed by atoms with E-state index in [1.807, 2.05) is 0 Å². The van der Waals surface area contributed by atoms with E-state index in [1.165, 1.54) is 18.6 Å². The highest BCUT2D eigenvalue weighted by atomic mass is 16.5. The lowest BCUT2D eigenvalue weighted by atomic mass is 9.79. The summed E-state index contributed by atoms with van der Waals surface area (Å²) >= 11 is 0. The van der Waals surface area contributed by atoms with Crippen molar-refractivity contribution in [1.29, 1.82) is 0 Å². The van der Waals surface area contributed by atoms with Crippen LogP contribution in [0, 0.1) is 5.92 Å². The van der Waals surface area contributed by atoms with Gasteiger partial charge in [-0.05, 0) is 29.9 Å². The van der Waals surface area contributed by atoms with E-state index in [-0.39, 0.29) is 5.56 Å². The number of unbranched alkanes of at least 4 members (excludes halogenated alkanes) is 1. The first-order valence-electron chi connectivity index (χ1n) is 7.21. The van der Waals surface area contributed by atoms with Crippen LogP contribution < -0.4 is 5.46 Å². The second-order valence-corrected chi connectivity index (χ2v) is 5.03. The Hall–Kier alpha value is -1.33. The van der Waals surface area contributed by atoms with Crippen LogP contribution in [0.1, 0.15) is 49.9 Å². The van der Waals surface area contributed by atoms with Gasteiger partial charge in [0, 0.05) is 6.61 Å². The molecule has 0 saturated carbocycles. The van der Waals surface area contributed by atoms with Gasteiger partial charge >= 0.3 is 13.1 Å². The first kappa shape index (κ1) is 16.7. The van der Waals surface area contributed by atoms with Crippen molar-refractivity contribution in [2.45, 2.75) is 39.5 Å². The molecule has 2 N–H and O–H groups in total. The molecule has 0 spiro atoms. The average molecular weight is 278 g/mol. The molecule has 0 amide bonds. The first-order chi connectivity index (χ1) is 9.58. The first-order valence-corrected chi connectivity index (χ1v) is 7.21. The standard InChI is InChI=1S/C15H23BO4/c1-3-5-6-12(4-2)11-20-16(19)14-9-7-13(8-10-14)15(17)18/h7-10,12,19H,3-6,11H2,1-2H3,(H,17,18). The van der Waals surface area contributed by atoms with Gasteiger partial charge in [0.1, 0.15) is 0 Å². The van der Waals surface area contributed by atoms with E-state index in [9.17, 15) is 9.82 Å². The van der Waals surface area contributed by atoms with Crippen molar-refractivity contribution >= 4 is 18.6 Å². The van der Waals surface area contributed by atoms with Crippen molar-refractivity contribution in [3.05, 3.63) is 29.8 Å². The lowest BCUT2D eigenvalue weighted by Crippen LogP contribution is -2.35. The van der Waals surface area contributed by atoms with Crippen molar-refractivity contribution < 1.29 is 19.6 Å². The van der Waals surface area contributed by atoms with Crippen LogP contribution in [0.15, 0.2) is 24.3 Å². The number of benzene rings is 1. The molecule has 1 atom stereocenters. The van der Waals surface area contributed by atoms with Crippen LogP contribution in [0.5, 0.6) is 0 Å². The molecular weight excluding hydrogens is 255 g/mol. The summed E-state index contributed by atoms with van der Waals surface area (Å²) in [5.74, 6) is -0.513. The summed E-state index contributed by atoms with van der Waals surface area (Å²) in [7, 11) is -0.992. The van der Waals surface area contributed by atoms with Crippen molar-refractivity contribution in [2.75, 3.05) is 6.61 Å². The molecule has 1 rings (SSSR count). The van der Waals surface area contributed by atoms with Crippen LogP contribution in [0.3, 0.4) is 0 Å². The van der Waals surface area contributed by atoms with E-state index < -0.39 is 13.1 Å². The summed E-state index contributed by atoms with van der Waals surface area (Å²) in [5.41, 5.74) is 0.788. The van der Waals surface area contributed by atoms with E-state index in [1.54, 1.807) is 12.1 Å². The summed E-state index contributed by atoms with van der Waals surface area (Å²) in [6.07, 6.45) is 4.48. The van der Waals surface area contributed by atoms with Gasteiger partial charge in [-0.1, -0.05) is 45.2 Å². The molecule has 0 heterocycles. The third kappa shape index (κ3) is 5.35. The fraction of sp³-hybridized carbons (Fsp3) is 0.533. The van der Waals surface area contributed by atoms with Gasteiger partial charge in [0.2, 0.25) is 0 Å². The Morgan fingerprint density at radius 3 is 2.45 bits per heavy atom. The SMILES string of the molecule is CCCCC(CC)COB(O)c1ccc(C(=O)O)cc1. The van der Waals surface area contributed by atoms with Crippen LogP contribution in [0.2, 0.25) is 0 Å².